The van der Waals surface area contributed by atoms with Crippen molar-refractivity contribution in [3.8, 4) is 10.6 Å². The molecule has 0 unspecified atom stereocenters. The van der Waals surface area contributed by atoms with Gasteiger partial charge in [-0.25, -0.2) is 8.42 Å². The number of hydrogen-bond donors (Lipinski definition) is 1. The van der Waals surface area contributed by atoms with Gasteiger partial charge in [-0.15, -0.1) is 11.3 Å². The highest BCUT2D eigenvalue weighted by Crippen LogP contribution is 2.24. The molecule has 0 bridgehead atoms. The number of nitrogens with one attached hydrogen (secondary N) is 1. The third-order valence-corrected chi connectivity index (χ3v) is 7.80. The van der Waals surface area contributed by atoms with Crippen LogP contribution in [0.4, 0.5) is 0 Å². The summed E-state index contributed by atoms with van der Waals surface area (Å²) in [6, 6.07) is 12.1. The van der Waals surface area contributed by atoms with Crippen molar-refractivity contribution in [3.63, 3.8) is 0 Å². The highest BCUT2D eigenvalue weighted by Gasteiger charge is 2.27. The summed E-state index contributed by atoms with van der Waals surface area (Å²) >= 11 is 1.62. The molecule has 3 heterocycles. The molecule has 0 atom stereocenters. The number of thiophene rings is 1. The minimum absolute atomic E-state index is 0.225. The second kappa shape index (κ2) is 8.10. The fraction of sp³-hybridized carbons (Fsp3) is 0.300. The van der Waals surface area contributed by atoms with Crippen molar-refractivity contribution in [2.24, 2.45) is 7.05 Å². The summed E-state index contributed by atoms with van der Waals surface area (Å²) in [5, 5.41) is 9.36. The first-order valence-electron chi connectivity index (χ1n) is 9.40. The van der Waals surface area contributed by atoms with Crippen LogP contribution in [-0.4, -0.2) is 41.5 Å². The van der Waals surface area contributed by atoms with E-state index < -0.39 is 10.0 Å². The Morgan fingerprint density at radius 1 is 1.17 bits per heavy atom. The summed E-state index contributed by atoms with van der Waals surface area (Å²) in [4.78, 5) is 13.8. The van der Waals surface area contributed by atoms with Crippen molar-refractivity contribution < 1.29 is 13.2 Å². The molecule has 9 heteroatoms. The lowest BCUT2D eigenvalue weighted by atomic mass is 10.2. The van der Waals surface area contributed by atoms with E-state index in [0.717, 1.165) is 29.1 Å². The Hall–Kier alpha value is -2.49. The Kier molecular flexibility index (Phi) is 5.53. The van der Waals surface area contributed by atoms with Crippen LogP contribution in [0.5, 0.6) is 0 Å². The van der Waals surface area contributed by atoms with E-state index in [1.54, 1.807) is 28.2 Å². The molecule has 0 aliphatic carbocycles. The van der Waals surface area contributed by atoms with Gasteiger partial charge < -0.3 is 5.32 Å². The van der Waals surface area contributed by atoms with Gasteiger partial charge in [0.15, 0.2) is 0 Å². The molecule has 0 spiro atoms. The lowest BCUT2D eigenvalue weighted by Crippen LogP contribution is -2.28. The number of amides is 1. The van der Waals surface area contributed by atoms with Gasteiger partial charge in [0.25, 0.3) is 5.91 Å². The van der Waals surface area contributed by atoms with Crippen molar-refractivity contribution >= 4 is 27.3 Å². The van der Waals surface area contributed by atoms with Crippen LogP contribution in [-0.2, 0) is 23.6 Å². The molecule has 1 N–H and O–H groups in total. The Balaban J connectivity index is 1.42. The number of rotatable bonds is 6. The number of benzene rings is 1. The van der Waals surface area contributed by atoms with Gasteiger partial charge >= 0.3 is 0 Å². The average Bonchev–Trinajstić information content (AvgIpc) is 3.47. The van der Waals surface area contributed by atoms with Crippen LogP contribution in [0, 0.1) is 0 Å². The van der Waals surface area contributed by atoms with Crippen molar-refractivity contribution in [2.75, 3.05) is 13.1 Å². The molecule has 29 heavy (non-hydrogen) atoms. The Morgan fingerprint density at radius 2 is 1.90 bits per heavy atom. The maximum Gasteiger partial charge on any atom is 0.251 e. The van der Waals surface area contributed by atoms with Gasteiger partial charge in [-0.1, -0.05) is 6.07 Å². The lowest BCUT2D eigenvalue weighted by molar-refractivity contribution is 0.0950. The summed E-state index contributed by atoms with van der Waals surface area (Å²) in [6.45, 7) is 1.45. The number of nitrogens with zero attached hydrogens (tertiary/aromatic N) is 3. The number of carbonyl (C=O) groups excluding carboxylic acids is 1. The Bertz CT molecular complexity index is 1100. The average molecular weight is 431 g/mol. The molecule has 0 saturated carbocycles. The maximum atomic E-state index is 12.6. The predicted octanol–water partition coefficient (Wildman–Crippen LogP) is 2.86. The van der Waals surface area contributed by atoms with E-state index in [-0.39, 0.29) is 10.8 Å². The normalized spacial score (nSPS) is 14.9. The lowest BCUT2D eigenvalue weighted by Gasteiger charge is -2.15. The summed E-state index contributed by atoms with van der Waals surface area (Å²) < 4.78 is 28.4. The highest BCUT2D eigenvalue weighted by atomic mass is 32.2. The van der Waals surface area contributed by atoms with Crippen molar-refractivity contribution in [2.45, 2.75) is 24.3 Å². The molecule has 1 aromatic carbocycles. The van der Waals surface area contributed by atoms with Crippen LogP contribution >= 0.6 is 11.3 Å². The van der Waals surface area contributed by atoms with Crippen LogP contribution in [0.1, 0.15) is 28.9 Å². The van der Waals surface area contributed by atoms with Crippen LogP contribution in [0.3, 0.4) is 0 Å². The van der Waals surface area contributed by atoms with Crippen LogP contribution < -0.4 is 5.32 Å². The number of carbonyl (C=O) groups is 1. The van der Waals surface area contributed by atoms with Crippen molar-refractivity contribution in [1.29, 1.82) is 0 Å². The zero-order valence-electron chi connectivity index (χ0n) is 16.0. The molecule has 1 saturated heterocycles. The van der Waals surface area contributed by atoms with Crippen LogP contribution in [0.2, 0.25) is 0 Å². The molecule has 4 rings (SSSR count). The fourth-order valence-corrected chi connectivity index (χ4v) is 5.54. The predicted molar refractivity (Wildman–Crippen MR) is 112 cm³/mol. The summed E-state index contributed by atoms with van der Waals surface area (Å²) in [7, 11) is -1.63. The fourth-order valence-electron chi connectivity index (χ4n) is 3.34. The molecule has 3 aromatic rings. The van der Waals surface area contributed by atoms with Gasteiger partial charge in [-0.05, 0) is 54.6 Å². The second-order valence-corrected chi connectivity index (χ2v) is 9.83. The molecular weight excluding hydrogens is 408 g/mol. The van der Waals surface area contributed by atoms with Gasteiger partial charge in [0.2, 0.25) is 10.0 Å². The highest BCUT2D eigenvalue weighted by molar-refractivity contribution is 7.89. The van der Waals surface area contributed by atoms with E-state index in [0.29, 0.717) is 25.2 Å². The molecule has 0 radical (unpaired) electrons. The van der Waals surface area contributed by atoms with E-state index in [2.05, 4.69) is 10.4 Å². The van der Waals surface area contributed by atoms with Crippen LogP contribution in [0.25, 0.3) is 10.6 Å². The van der Waals surface area contributed by atoms with Gasteiger partial charge in [0.1, 0.15) is 5.69 Å². The van der Waals surface area contributed by atoms with E-state index >= 15 is 0 Å². The molecule has 1 aliphatic heterocycles. The van der Waals surface area contributed by atoms with Crippen LogP contribution in [0.15, 0.2) is 52.7 Å². The third kappa shape index (κ3) is 4.12. The van der Waals surface area contributed by atoms with E-state index in [9.17, 15) is 13.2 Å². The topological polar surface area (TPSA) is 84.3 Å². The minimum Gasteiger partial charge on any atom is -0.346 e. The molecular formula is C20H22N4O3S2. The van der Waals surface area contributed by atoms with E-state index in [1.165, 1.54) is 16.4 Å². The largest absolute Gasteiger partial charge is 0.346 e. The minimum atomic E-state index is -3.47. The van der Waals surface area contributed by atoms with E-state index in [1.807, 2.05) is 30.6 Å². The summed E-state index contributed by atoms with van der Waals surface area (Å²) in [5.41, 5.74) is 2.18. The Labute approximate surface area is 174 Å². The van der Waals surface area contributed by atoms with Crippen molar-refractivity contribution in [1.82, 2.24) is 19.4 Å². The van der Waals surface area contributed by atoms with Crippen molar-refractivity contribution in [3.05, 3.63) is 59.1 Å². The third-order valence-electron chi connectivity index (χ3n) is 5.00. The van der Waals surface area contributed by atoms with Gasteiger partial charge in [-0.2, -0.15) is 9.40 Å². The Morgan fingerprint density at radius 3 is 2.55 bits per heavy atom. The van der Waals surface area contributed by atoms with Gasteiger partial charge in [-0.3, -0.25) is 9.48 Å². The molecule has 7 nitrogen and oxygen atoms in total. The first-order chi connectivity index (χ1) is 13.9. The monoisotopic (exact) mass is 430 g/mol. The zero-order chi connectivity index (χ0) is 20.4. The molecule has 1 amide bonds. The smallest absolute Gasteiger partial charge is 0.251 e. The molecule has 2 aromatic heterocycles. The number of aryl methyl sites for hydroxylation is 1. The SMILES string of the molecule is Cn1nc(-c2cccs2)cc1CNC(=O)c1ccc(S(=O)(=O)N2CCCC2)cc1. The summed E-state index contributed by atoms with van der Waals surface area (Å²) in [5.74, 6) is -0.256. The summed E-state index contributed by atoms with van der Waals surface area (Å²) in [6.07, 6.45) is 1.78. The number of sulfonamides is 1. The zero-order valence-corrected chi connectivity index (χ0v) is 17.7. The molecule has 1 aliphatic rings. The number of aromatic nitrogens is 2. The van der Waals surface area contributed by atoms with E-state index in [4.69, 9.17) is 0 Å². The maximum absolute atomic E-state index is 12.6. The standard InChI is InChI=1S/C20H22N4O3S2/c1-23-16(13-18(22-23)19-5-4-12-28-19)14-21-20(25)15-6-8-17(9-7-15)29(26,27)24-10-2-3-11-24/h4-9,12-13H,2-3,10-11,14H2,1H3,(H,21,25). The first kappa shape index (κ1) is 19.8. The quantitative estimate of drug-likeness (QED) is 0.652. The molecule has 1 fully saturated rings. The van der Waals surface area contributed by atoms with Gasteiger partial charge in [0.05, 0.1) is 22.0 Å². The van der Waals surface area contributed by atoms with Gasteiger partial charge in [0, 0.05) is 25.7 Å². The second-order valence-electron chi connectivity index (χ2n) is 6.94. The first-order valence-corrected chi connectivity index (χ1v) is 11.7. The molecule has 152 valence electrons. The number of hydrogen-bond acceptors (Lipinski definition) is 5.